The molecule has 11 rings (SSSR count). The predicted molar refractivity (Wildman–Crippen MR) is 237 cm³/mol. The Kier molecular flexibility index (Phi) is 7.20. The molecule has 1 aliphatic heterocycles. The van der Waals surface area contributed by atoms with Gasteiger partial charge in [0.05, 0.1) is 22.2 Å². The molecular weight excluding hydrogens is 681 g/mol. The molecule has 268 valence electrons. The largest absolute Gasteiger partial charge is 0.496 e. The first-order chi connectivity index (χ1) is 27.3. The lowest BCUT2D eigenvalue weighted by Gasteiger charge is -2.32. The number of rotatable bonds is 4. The molecule has 10 aromatic rings. The lowest BCUT2D eigenvalue weighted by Crippen LogP contribution is -2.41. The fraction of sp³-hybridized carbons (Fsp3) is 0.115. The summed E-state index contributed by atoms with van der Waals surface area (Å²) in [5.74, 6) is 0. The highest BCUT2D eigenvalue weighted by molar-refractivity contribution is 6.69. The zero-order chi connectivity index (χ0) is 37.8. The van der Waals surface area contributed by atoms with Gasteiger partial charge < -0.3 is 13.9 Å². The molecule has 2 heterocycles. The normalized spacial score (nSPS) is 15.2. The van der Waals surface area contributed by atoms with E-state index in [-0.39, 0.29) is 0 Å². The van der Waals surface area contributed by atoms with Crippen LogP contribution in [0.3, 0.4) is 0 Å². The second kappa shape index (κ2) is 12.2. The Balaban J connectivity index is 1.22. The van der Waals surface area contributed by atoms with E-state index < -0.39 is 18.3 Å². The highest BCUT2D eigenvalue weighted by Gasteiger charge is 2.52. The van der Waals surface area contributed by atoms with Gasteiger partial charge in [0.1, 0.15) is 0 Å². The number of aromatic nitrogens is 1. The smallest absolute Gasteiger partial charge is 0.399 e. The van der Waals surface area contributed by atoms with Crippen molar-refractivity contribution in [2.24, 2.45) is 0 Å². The van der Waals surface area contributed by atoms with Gasteiger partial charge >= 0.3 is 7.12 Å². The molecule has 1 saturated heterocycles. The van der Waals surface area contributed by atoms with Crippen molar-refractivity contribution in [2.75, 3.05) is 0 Å². The Bertz CT molecular complexity index is 3080. The minimum absolute atomic E-state index is 0.458. The molecular formula is C52H40BNO2. The van der Waals surface area contributed by atoms with E-state index in [9.17, 15) is 0 Å². The highest BCUT2D eigenvalue weighted by atomic mass is 16.7. The molecule has 1 aromatic heterocycles. The number of benzene rings is 9. The first-order valence-corrected chi connectivity index (χ1v) is 19.6. The zero-order valence-corrected chi connectivity index (χ0v) is 32.0. The summed E-state index contributed by atoms with van der Waals surface area (Å²) in [5.41, 5.74) is 8.68. The summed E-state index contributed by atoms with van der Waals surface area (Å²) in [7, 11) is -0.498. The fourth-order valence-electron chi connectivity index (χ4n) is 9.34. The fourth-order valence-corrected chi connectivity index (χ4v) is 9.34. The molecule has 0 atom stereocenters. The van der Waals surface area contributed by atoms with Crippen LogP contribution in [0.2, 0.25) is 0 Å². The van der Waals surface area contributed by atoms with Gasteiger partial charge in [-0.2, -0.15) is 0 Å². The number of hydrogen-bond donors (Lipinski definition) is 0. The molecule has 0 amide bonds. The Labute approximate surface area is 326 Å². The molecule has 0 N–H and O–H groups in total. The van der Waals surface area contributed by atoms with Crippen LogP contribution >= 0.6 is 0 Å². The molecule has 3 nitrogen and oxygen atoms in total. The van der Waals surface area contributed by atoms with E-state index in [1.165, 1.54) is 76.4 Å². The van der Waals surface area contributed by atoms with E-state index in [1.807, 2.05) is 0 Å². The molecule has 0 bridgehead atoms. The van der Waals surface area contributed by atoms with Crippen molar-refractivity contribution in [1.82, 2.24) is 4.57 Å². The van der Waals surface area contributed by atoms with Crippen LogP contribution in [0.1, 0.15) is 27.7 Å². The van der Waals surface area contributed by atoms with Gasteiger partial charge in [-0.25, -0.2) is 0 Å². The maximum Gasteiger partial charge on any atom is 0.496 e. The van der Waals surface area contributed by atoms with Gasteiger partial charge in [0.15, 0.2) is 0 Å². The Morgan fingerprint density at radius 2 is 0.768 bits per heavy atom. The Morgan fingerprint density at radius 3 is 1.29 bits per heavy atom. The molecule has 0 unspecified atom stereocenters. The third kappa shape index (κ3) is 4.73. The molecule has 1 fully saturated rings. The molecule has 0 spiro atoms. The molecule has 0 saturated carbocycles. The van der Waals surface area contributed by atoms with Crippen molar-refractivity contribution in [3.05, 3.63) is 170 Å². The lowest BCUT2D eigenvalue weighted by molar-refractivity contribution is 0.00578. The van der Waals surface area contributed by atoms with Crippen LogP contribution in [-0.2, 0) is 9.31 Å². The van der Waals surface area contributed by atoms with E-state index >= 15 is 0 Å². The van der Waals surface area contributed by atoms with Crippen LogP contribution in [0, 0.1) is 0 Å². The van der Waals surface area contributed by atoms with Crippen LogP contribution < -0.4 is 5.46 Å². The molecule has 9 aromatic carbocycles. The summed E-state index contributed by atoms with van der Waals surface area (Å²) in [5, 5.41) is 12.1. The van der Waals surface area contributed by atoms with Crippen molar-refractivity contribution in [3.8, 4) is 27.9 Å². The van der Waals surface area contributed by atoms with Crippen molar-refractivity contribution in [3.63, 3.8) is 0 Å². The topological polar surface area (TPSA) is 23.4 Å². The van der Waals surface area contributed by atoms with Gasteiger partial charge in [0, 0.05) is 16.5 Å². The average Bonchev–Trinajstić information content (AvgIpc) is 3.67. The summed E-state index contributed by atoms with van der Waals surface area (Å²) in [6.07, 6.45) is 0. The number of hydrogen-bond acceptors (Lipinski definition) is 2. The quantitative estimate of drug-likeness (QED) is 0.133. The third-order valence-corrected chi connectivity index (χ3v) is 12.6. The molecule has 56 heavy (non-hydrogen) atoms. The maximum absolute atomic E-state index is 6.78. The lowest BCUT2D eigenvalue weighted by atomic mass is 9.71. The monoisotopic (exact) mass is 721 g/mol. The molecule has 0 radical (unpaired) electrons. The number of nitrogens with zero attached hydrogens (tertiary/aromatic N) is 1. The van der Waals surface area contributed by atoms with E-state index in [2.05, 4.69) is 202 Å². The van der Waals surface area contributed by atoms with E-state index in [0.717, 1.165) is 21.9 Å². The van der Waals surface area contributed by atoms with Crippen LogP contribution in [0.5, 0.6) is 0 Å². The van der Waals surface area contributed by atoms with Gasteiger partial charge in [-0.3, -0.25) is 0 Å². The first kappa shape index (κ1) is 33.2. The van der Waals surface area contributed by atoms with Gasteiger partial charge in [-0.15, -0.1) is 0 Å². The standard InChI is InChI=1S/C52H40BNO2/c1-51(2)52(3,4)56-53(55-51)50-42-27-14-12-25-40(42)49(41-26-13-15-28-43(41)50)48-38-23-10-8-21-36(38)47(37-22-9-11-24-39(37)48)33-30-31-46-44(32-33)35-20-16-17-29-45(35)54(46)34-18-6-5-7-19-34/h5-32H,1-4H3. The Morgan fingerprint density at radius 1 is 0.375 bits per heavy atom. The zero-order valence-electron chi connectivity index (χ0n) is 32.0. The highest BCUT2D eigenvalue weighted by Crippen LogP contribution is 2.49. The minimum Gasteiger partial charge on any atom is -0.399 e. The van der Waals surface area contributed by atoms with Crippen molar-refractivity contribution in [1.29, 1.82) is 0 Å². The van der Waals surface area contributed by atoms with Gasteiger partial charge in [-0.05, 0) is 129 Å². The van der Waals surface area contributed by atoms with Gasteiger partial charge in [0.25, 0.3) is 0 Å². The van der Waals surface area contributed by atoms with Gasteiger partial charge in [-0.1, -0.05) is 140 Å². The average molecular weight is 722 g/mol. The van der Waals surface area contributed by atoms with E-state index in [0.29, 0.717) is 0 Å². The van der Waals surface area contributed by atoms with Crippen molar-refractivity contribution >= 4 is 77.5 Å². The van der Waals surface area contributed by atoms with Crippen LogP contribution in [0.25, 0.3) is 92.8 Å². The van der Waals surface area contributed by atoms with Crippen LogP contribution in [-0.4, -0.2) is 22.9 Å². The molecule has 0 aliphatic carbocycles. The SMILES string of the molecule is CC1(C)OB(c2c3ccccc3c(-c3c4ccccc4c(-c4ccc5c(c4)c4ccccc4n5-c4ccccc4)c4ccccc34)c3ccccc23)OC1(C)C. The Hall–Kier alpha value is -6.20. The minimum atomic E-state index is -0.498. The number of para-hydroxylation sites is 2. The van der Waals surface area contributed by atoms with Gasteiger partial charge in [0.2, 0.25) is 0 Å². The summed E-state index contributed by atoms with van der Waals surface area (Å²) < 4.78 is 15.9. The summed E-state index contributed by atoms with van der Waals surface area (Å²) in [4.78, 5) is 0. The molecule has 1 aliphatic rings. The summed E-state index contributed by atoms with van der Waals surface area (Å²) in [6.45, 7) is 8.52. The predicted octanol–water partition coefficient (Wildman–Crippen LogP) is 13.0. The van der Waals surface area contributed by atoms with Crippen LogP contribution in [0.15, 0.2) is 170 Å². The second-order valence-electron chi connectivity index (χ2n) is 16.2. The van der Waals surface area contributed by atoms with E-state index in [4.69, 9.17) is 9.31 Å². The van der Waals surface area contributed by atoms with Crippen molar-refractivity contribution < 1.29 is 9.31 Å². The summed E-state index contributed by atoms with van der Waals surface area (Å²) >= 11 is 0. The molecule has 4 heteroatoms. The van der Waals surface area contributed by atoms with E-state index in [1.54, 1.807) is 0 Å². The third-order valence-electron chi connectivity index (χ3n) is 12.6. The second-order valence-corrected chi connectivity index (χ2v) is 16.2. The number of fused-ring (bicyclic) bond motifs is 7. The maximum atomic E-state index is 6.78. The summed E-state index contributed by atoms with van der Waals surface area (Å²) in [6, 6.07) is 62.1. The van der Waals surface area contributed by atoms with Crippen LogP contribution in [0.4, 0.5) is 0 Å². The van der Waals surface area contributed by atoms with Crippen molar-refractivity contribution in [2.45, 2.75) is 38.9 Å². The first-order valence-electron chi connectivity index (χ1n) is 19.6.